The number of rotatable bonds is 0. The monoisotopic (exact) mass is 213 g/mol. The van der Waals surface area contributed by atoms with E-state index in [-0.39, 0.29) is 11.3 Å². The van der Waals surface area contributed by atoms with E-state index >= 15 is 0 Å². The Labute approximate surface area is 95.6 Å². The molecule has 0 saturated carbocycles. The second-order valence-electron chi connectivity index (χ2n) is 4.65. The lowest BCUT2D eigenvalue weighted by atomic mass is 9.74. The van der Waals surface area contributed by atoms with Crippen molar-refractivity contribution in [3.8, 4) is 0 Å². The molecule has 1 spiro atoms. The molecule has 0 saturated heterocycles. The highest BCUT2D eigenvalue weighted by Gasteiger charge is 2.47. The Hall–Kier alpha value is -1.57. The van der Waals surface area contributed by atoms with Gasteiger partial charge in [-0.1, -0.05) is 30.4 Å². The third-order valence-electron chi connectivity index (χ3n) is 3.78. The van der Waals surface area contributed by atoms with Gasteiger partial charge in [0.15, 0.2) is 0 Å². The van der Waals surface area contributed by atoms with Gasteiger partial charge in [0.05, 0.1) is 5.41 Å². The number of likely N-dealkylation sites (N-methyl/N-ethyl adjacent to an activating group) is 1. The molecule has 1 aliphatic heterocycles. The first-order valence-corrected chi connectivity index (χ1v) is 5.81. The summed E-state index contributed by atoms with van der Waals surface area (Å²) in [6, 6.07) is 8.14. The minimum Gasteiger partial charge on any atom is -0.314 e. The van der Waals surface area contributed by atoms with Crippen molar-refractivity contribution in [1.82, 2.24) is 0 Å². The number of anilines is 1. The summed E-state index contributed by atoms with van der Waals surface area (Å²) in [5.41, 5.74) is 1.89. The van der Waals surface area contributed by atoms with Crippen molar-refractivity contribution < 1.29 is 4.79 Å². The van der Waals surface area contributed by atoms with E-state index in [9.17, 15) is 4.79 Å². The number of hydrogen-bond donors (Lipinski definition) is 0. The van der Waals surface area contributed by atoms with E-state index in [1.54, 1.807) is 4.90 Å². The lowest BCUT2D eigenvalue weighted by Gasteiger charge is -2.27. The summed E-state index contributed by atoms with van der Waals surface area (Å²) < 4.78 is 0. The molecule has 1 aromatic carbocycles. The molecular formula is C14H15NO. The van der Waals surface area contributed by atoms with Crippen molar-refractivity contribution >= 4 is 11.6 Å². The van der Waals surface area contributed by atoms with Gasteiger partial charge in [-0.25, -0.2) is 0 Å². The van der Waals surface area contributed by atoms with Crippen molar-refractivity contribution in [2.75, 3.05) is 11.9 Å². The lowest BCUT2D eigenvalue weighted by molar-refractivity contribution is -0.121. The molecule has 3 rings (SSSR count). The summed E-state index contributed by atoms with van der Waals surface area (Å²) in [6.45, 7) is 0. The average Bonchev–Trinajstić information content (AvgIpc) is 2.55. The second kappa shape index (κ2) is 3.21. The molecule has 1 amide bonds. The van der Waals surface area contributed by atoms with Gasteiger partial charge in [-0.3, -0.25) is 4.79 Å². The molecule has 1 atom stereocenters. The first-order valence-electron chi connectivity index (χ1n) is 5.81. The van der Waals surface area contributed by atoms with Crippen LogP contribution in [0.5, 0.6) is 0 Å². The minimum absolute atomic E-state index is 0.227. The highest BCUT2D eigenvalue weighted by molar-refractivity contribution is 6.09. The SMILES string of the molecule is CN1C(=O)[C@]2(C=CCCC2)c2ccccc21. The maximum absolute atomic E-state index is 12.4. The van der Waals surface area contributed by atoms with Crippen LogP contribution in [0.2, 0.25) is 0 Å². The molecule has 2 heteroatoms. The van der Waals surface area contributed by atoms with Crippen LogP contribution in [-0.4, -0.2) is 13.0 Å². The van der Waals surface area contributed by atoms with Gasteiger partial charge in [0, 0.05) is 12.7 Å². The Kier molecular flexibility index (Phi) is 1.93. The fourth-order valence-corrected chi connectivity index (χ4v) is 2.94. The molecule has 0 unspecified atom stereocenters. The standard InChI is InChI=1S/C14H15NO/c1-15-12-8-4-3-7-11(12)14(13(15)16)9-5-2-6-10-14/h3-5,7-9H,2,6,10H2,1H3/t14-/m0/s1. The predicted molar refractivity (Wildman–Crippen MR) is 64.5 cm³/mol. The summed E-state index contributed by atoms with van der Waals surface area (Å²) in [4.78, 5) is 14.2. The fraction of sp³-hybridized carbons (Fsp3) is 0.357. The summed E-state index contributed by atoms with van der Waals surface area (Å²) in [5.74, 6) is 0.227. The third kappa shape index (κ3) is 1.04. The van der Waals surface area contributed by atoms with Crippen LogP contribution in [-0.2, 0) is 10.2 Å². The number of benzene rings is 1. The number of carbonyl (C=O) groups is 1. The first-order chi connectivity index (χ1) is 7.76. The average molecular weight is 213 g/mol. The van der Waals surface area contributed by atoms with Crippen LogP contribution >= 0.6 is 0 Å². The van der Waals surface area contributed by atoms with E-state index in [0.29, 0.717) is 0 Å². The van der Waals surface area contributed by atoms with Gasteiger partial charge in [-0.05, 0) is 30.9 Å². The van der Waals surface area contributed by atoms with Crippen LogP contribution in [0.1, 0.15) is 24.8 Å². The third-order valence-corrected chi connectivity index (χ3v) is 3.78. The predicted octanol–water partition coefficient (Wildman–Crippen LogP) is 2.64. The van der Waals surface area contributed by atoms with Gasteiger partial charge in [-0.15, -0.1) is 0 Å². The van der Waals surface area contributed by atoms with Gasteiger partial charge in [-0.2, -0.15) is 0 Å². The van der Waals surface area contributed by atoms with Crippen LogP contribution in [0.4, 0.5) is 5.69 Å². The Morgan fingerprint density at radius 3 is 2.88 bits per heavy atom. The molecule has 16 heavy (non-hydrogen) atoms. The first kappa shape index (κ1) is 9.64. The van der Waals surface area contributed by atoms with Gasteiger partial charge in [0.2, 0.25) is 5.91 Å². The molecule has 0 bridgehead atoms. The molecule has 0 N–H and O–H groups in total. The zero-order valence-electron chi connectivity index (χ0n) is 9.44. The zero-order chi connectivity index (χ0) is 11.2. The highest BCUT2D eigenvalue weighted by Crippen LogP contribution is 2.46. The Morgan fingerprint density at radius 2 is 2.12 bits per heavy atom. The maximum Gasteiger partial charge on any atom is 0.241 e. The van der Waals surface area contributed by atoms with Crippen molar-refractivity contribution in [1.29, 1.82) is 0 Å². The van der Waals surface area contributed by atoms with E-state index in [1.165, 1.54) is 5.56 Å². The number of para-hydroxylation sites is 1. The summed E-state index contributed by atoms with van der Waals surface area (Å²) in [5, 5.41) is 0. The van der Waals surface area contributed by atoms with Crippen LogP contribution in [0.3, 0.4) is 0 Å². The quantitative estimate of drug-likeness (QED) is 0.607. The number of fused-ring (bicyclic) bond motifs is 2. The van der Waals surface area contributed by atoms with Crippen molar-refractivity contribution in [2.24, 2.45) is 0 Å². The molecule has 2 nitrogen and oxygen atoms in total. The van der Waals surface area contributed by atoms with E-state index in [2.05, 4.69) is 18.2 Å². The smallest absolute Gasteiger partial charge is 0.241 e. The van der Waals surface area contributed by atoms with Gasteiger partial charge >= 0.3 is 0 Å². The van der Waals surface area contributed by atoms with E-state index in [0.717, 1.165) is 24.9 Å². The number of hydrogen-bond acceptors (Lipinski definition) is 1. The molecule has 1 aromatic rings. The van der Waals surface area contributed by atoms with Gasteiger partial charge < -0.3 is 4.90 Å². The molecule has 82 valence electrons. The minimum atomic E-state index is -0.358. The molecule has 0 fully saturated rings. The normalized spacial score (nSPS) is 27.6. The number of nitrogens with zero attached hydrogens (tertiary/aromatic N) is 1. The van der Waals surface area contributed by atoms with Crippen molar-refractivity contribution in [3.05, 3.63) is 42.0 Å². The fourth-order valence-electron chi connectivity index (χ4n) is 2.94. The Bertz CT molecular complexity index is 477. The van der Waals surface area contributed by atoms with Crippen LogP contribution in [0.15, 0.2) is 36.4 Å². The van der Waals surface area contributed by atoms with Crippen molar-refractivity contribution in [3.63, 3.8) is 0 Å². The largest absolute Gasteiger partial charge is 0.314 e. The molecule has 0 radical (unpaired) electrons. The number of carbonyl (C=O) groups excluding carboxylic acids is 1. The van der Waals surface area contributed by atoms with Crippen molar-refractivity contribution in [2.45, 2.75) is 24.7 Å². The summed E-state index contributed by atoms with van der Waals surface area (Å²) >= 11 is 0. The Balaban J connectivity index is 2.24. The van der Waals surface area contributed by atoms with Gasteiger partial charge in [0.25, 0.3) is 0 Å². The highest BCUT2D eigenvalue weighted by atomic mass is 16.2. The molecule has 0 aromatic heterocycles. The lowest BCUT2D eigenvalue weighted by Crippen LogP contribution is -2.38. The molecule has 1 heterocycles. The van der Waals surface area contributed by atoms with Crippen LogP contribution in [0.25, 0.3) is 0 Å². The molecular weight excluding hydrogens is 198 g/mol. The summed E-state index contributed by atoms with van der Waals surface area (Å²) in [7, 11) is 1.87. The maximum atomic E-state index is 12.4. The van der Waals surface area contributed by atoms with Crippen LogP contribution < -0.4 is 4.90 Å². The second-order valence-corrected chi connectivity index (χ2v) is 4.65. The summed E-state index contributed by atoms with van der Waals surface area (Å²) in [6.07, 6.45) is 7.41. The van der Waals surface area contributed by atoms with Crippen LogP contribution in [0, 0.1) is 0 Å². The van der Waals surface area contributed by atoms with E-state index in [4.69, 9.17) is 0 Å². The molecule has 2 aliphatic rings. The van der Waals surface area contributed by atoms with Gasteiger partial charge in [0.1, 0.15) is 0 Å². The Morgan fingerprint density at radius 1 is 1.31 bits per heavy atom. The molecule has 1 aliphatic carbocycles. The van der Waals surface area contributed by atoms with E-state index < -0.39 is 0 Å². The number of amides is 1. The van der Waals surface area contributed by atoms with E-state index in [1.807, 2.05) is 25.2 Å². The number of allylic oxidation sites excluding steroid dienone is 1. The topological polar surface area (TPSA) is 20.3 Å². The zero-order valence-corrected chi connectivity index (χ0v) is 9.44.